The lowest BCUT2D eigenvalue weighted by Gasteiger charge is -2.25. The van der Waals surface area contributed by atoms with Crippen LogP contribution in [0.5, 0.6) is 0 Å². The van der Waals surface area contributed by atoms with Crippen molar-refractivity contribution >= 4 is 13.5 Å². The van der Waals surface area contributed by atoms with Crippen molar-refractivity contribution in [2.24, 2.45) is 0 Å². The first kappa shape index (κ1) is 9.70. The molecule has 0 fully saturated rings. The van der Waals surface area contributed by atoms with E-state index in [9.17, 15) is 4.89 Å². The molecule has 0 amide bonds. The Bertz CT molecular complexity index is 238. The van der Waals surface area contributed by atoms with E-state index < -0.39 is 8.15 Å². The highest BCUT2D eigenvalue weighted by Crippen LogP contribution is 2.43. The van der Waals surface area contributed by atoms with Crippen molar-refractivity contribution in [2.45, 2.75) is 25.9 Å². The molecule has 0 spiro atoms. The maximum Gasteiger partial charge on any atom is 0.0618 e. The van der Waals surface area contributed by atoms with Crippen molar-refractivity contribution in [1.29, 1.82) is 0 Å². The minimum Gasteiger partial charge on any atom is -0.368 e. The number of benzene rings is 1. The summed E-state index contributed by atoms with van der Waals surface area (Å²) in [6.07, 6.45) is 0. The van der Waals surface area contributed by atoms with Crippen molar-refractivity contribution in [3.05, 3.63) is 30.3 Å². The fourth-order valence-corrected chi connectivity index (χ4v) is 2.19. The van der Waals surface area contributed by atoms with Crippen LogP contribution in [0, 0.1) is 0 Å². The molecular weight excluding hydrogens is 167 g/mol. The van der Waals surface area contributed by atoms with Crippen molar-refractivity contribution in [3.63, 3.8) is 0 Å². The molecule has 1 nitrogen and oxygen atoms in total. The summed E-state index contributed by atoms with van der Waals surface area (Å²) in [6.45, 7) is 6.18. The zero-order valence-corrected chi connectivity index (χ0v) is 8.68. The molecule has 1 aromatic carbocycles. The van der Waals surface area contributed by atoms with E-state index in [2.05, 4.69) is 20.8 Å². The molecule has 1 N–H and O–H groups in total. The number of hydrogen-bond acceptors (Lipinski definition) is 1. The van der Waals surface area contributed by atoms with Gasteiger partial charge in [-0.2, -0.15) is 0 Å². The molecule has 0 aliphatic carbocycles. The van der Waals surface area contributed by atoms with E-state index in [-0.39, 0.29) is 5.16 Å². The molecule has 1 unspecified atom stereocenters. The van der Waals surface area contributed by atoms with Crippen molar-refractivity contribution in [1.82, 2.24) is 0 Å². The molecule has 1 rings (SSSR count). The Hall–Kier alpha value is -0.390. The Balaban J connectivity index is 2.86. The van der Waals surface area contributed by atoms with Crippen LogP contribution in [0.1, 0.15) is 20.8 Å². The molecule has 0 saturated carbocycles. The van der Waals surface area contributed by atoms with Crippen LogP contribution in [0.2, 0.25) is 0 Å². The standard InChI is InChI=1S/C10H15OP/c1-10(2,3)12(11)9-7-5-4-6-8-9/h4-8,11H,1-3H3. The van der Waals surface area contributed by atoms with Gasteiger partial charge < -0.3 is 4.89 Å². The second-order valence-electron chi connectivity index (χ2n) is 3.82. The zero-order valence-electron chi connectivity index (χ0n) is 7.78. The SMILES string of the molecule is CC(C)(C)P(O)c1ccccc1. The Kier molecular flexibility index (Phi) is 2.87. The number of hydrogen-bond donors (Lipinski definition) is 1. The molecule has 2 heteroatoms. The summed E-state index contributed by atoms with van der Waals surface area (Å²) in [7, 11) is -1.02. The van der Waals surface area contributed by atoms with Crippen LogP contribution in [-0.4, -0.2) is 10.0 Å². The monoisotopic (exact) mass is 182 g/mol. The van der Waals surface area contributed by atoms with E-state index in [1.807, 2.05) is 30.3 Å². The molecule has 0 heterocycles. The van der Waals surface area contributed by atoms with E-state index in [1.54, 1.807) is 0 Å². The third-order valence-corrected chi connectivity index (χ3v) is 3.69. The van der Waals surface area contributed by atoms with Gasteiger partial charge in [0.25, 0.3) is 0 Å². The fraction of sp³-hybridized carbons (Fsp3) is 0.400. The Morgan fingerprint density at radius 3 is 2.00 bits per heavy atom. The summed E-state index contributed by atoms with van der Waals surface area (Å²) in [5.41, 5.74) is 0. The molecule has 0 aromatic heterocycles. The average molecular weight is 182 g/mol. The average Bonchev–Trinajstić information content (AvgIpc) is 2.03. The van der Waals surface area contributed by atoms with Gasteiger partial charge >= 0.3 is 0 Å². The van der Waals surface area contributed by atoms with Crippen molar-refractivity contribution < 1.29 is 4.89 Å². The fourth-order valence-electron chi connectivity index (χ4n) is 0.956. The van der Waals surface area contributed by atoms with Gasteiger partial charge in [-0.25, -0.2) is 0 Å². The molecule has 0 bridgehead atoms. The van der Waals surface area contributed by atoms with E-state index in [0.29, 0.717) is 0 Å². The van der Waals surface area contributed by atoms with E-state index in [4.69, 9.17) is 0 Å². The van der Waals surface area contributed by atoms with Gasteiger partial charge in [-0.15, -0.1) is 0 Å². The van der Waals surface area contributed by atoms with Gasteiger partial charge in [0, 0.05) is 10.5 Å². The second-order valence-corrected chi connectivity index (χ2v) is 6.30. The first-order valence-electron chi connectivity index (χ1n) is 4.06. The molecule has 0 aliphatic rings. The summed E-state index contributed by atoms with van der Waals surface area (Å²) >= 11 is 0. The quantitative estimate of drug-likeness (QED) is 0.661. The van der Waals surface area contributed by atoms with Crippen molar-refractivity contribution in [2.75, 3.05) is 0 Å². The predicted molar refractivity (Wildman–Crippen MR) is 55.0 cm³/mol. The van der Waals surface area contributed by atoms with E-state index in [0.717, 1.165) is 5.30 Å². The van der Waals surface area contributed by atoms with Gasteiger partial charge in [0.2, 0.25) is 0 Å². The Labute approximate surface area is 75.3 Å². The van der Waals surface area contributed by atoms with Crippen LogP contribution in [0.4, 0.5) is 0 Å². The summed E-state index contributed by atoms with van der Waals surface area (Å²) in [5, 5.41) is 1.04. The minimum atomic E-state index is -1.02. The maximum atomic E-state index is 9.92. The molecule has 0 aliphatic heterocycles. The van der Waals surface area contributed by atoms with Gasteiger partial charge in [-0.1, -0.05) is 51.1 Å². The third-order valence-electron chi connectivity index (χ3n) is 1.64. The summed E-state index contributed by atoms with van der Waals surface area (Å²) in [6, 6.07) is 9.86. The lowest BCUT2D eigenvalue weighted by atomic mass is 10.3. The molecular formula is C10H15OP. The van der Waals surface area contributed by atoms with Gasteiger partial charge in [0.1, 0.15) is 0 Å². The molecule has 1 atom stereocenters. The lowest BCUT2D eigenvalue weighted by Crippen LogP contribution is -2.18. The molecule has 0 saturated heterocycles. The Morgan fingerprint density at radius 2 is 1.58 bits per heavy atom. The van der Waals surface area contributed by atoms with Gasteiger partial charge in [0.15, 0.2) is 0 Å². The van der Waals surface area contributed by atoms with Crippen LogP contribution in [0.15, 0.2) is 30.3 Å². The van der Waals surface area contributed by atoms with Crippen LogP contribution < -0.4 is 5.30 Å². The van der Waals surface area contributed by atoms with Gasteiger partial charge in [-0.05, 0) is 0 Å². The summed E-state index contributed by atoms with van der Waals surface area (Å²) < 4.78 is 0. The topological polar surface area (TPSA) is 20.2 Å². The van der Waals surface area contributed by atoms with E-state index in [1.165, 1.54) is 0 Å². The third kappa shape index (κ3) is 2.30. The molecule has 12 heavy (non-hydrogen) atoms. The molecule has 66 valence electrons. The maximum absolute atomic E-state index is 9.92. The van der Waals surface area contributed by atoms with Crippen LogP contribution >= 0.6 is 8.15 Å². The van der Waals surface area contributed by atoms with Crippen LogP contribution in [-0.2, 0) is 0 Å². The normalized spacial score (nSPS) is 14.3. The van der Waals surface area contributed by atoms with Gasteiger partial charge in [-0.3, -0.25) is 0 Å². The summed E-state index contributed by atoms with van der Waals surface area (Å²) in [5.74, 6) is 0. The first-order chi connectivity index (χ1) is 5.52. The highest BCUT2D eigenvalue weighted by atomic mass is 31.1. The molecule has 1 aromatic rings. The Morgan fingerprint density at radius 1 is 1.08 bits per heavy atom. The van der Waals surface area contributed by atoms with Gasteiger partial charge in [0.05, 0.1) is 8.15 Å². The highest BCUT2D eigenvalue weighted by Gasteiger charge is 2.23. The van der Waals surface area contributed by atoms with Crippen molar-refractivity contribution in [3.8, 4) is 0 Å². The van der Waals surface area contributed by atoms with Crippen LogP contribution in [0.3, 0.4) is 0 Å². The van der Waals surface area contributed by atoms with Crippen LogP contribution in [0.25, 0.3) is 0 Å². The second kappa shape index (κ2) is 3.55. The minimum absolute atomic E-state index is 0.0172. The first-order valence-corrected chi connectivity index (χ1v) is 5.35. The lowest BCUT2D eigenvalue weighted by molar-refractivity contribution is 0.589. The molecule has 0 radical (unpaired) electrons. The highest BCUT2D eigenvalue weighted by molar-refractivity contribution is 7.61. The zero-order chi connectivity index (χ0) is 9.19. The smallest absolute Gasteiger partial charge is 0.0618 e. The summed E-state index contributed by atoms with van der Waals surface area (Å²) in [4.78, 5) is 9.92. The number of rotatable bonds is 1. The predicted octanol–water partition coefficient (Wildman–Crippen LogP) is 2.50. The largest absolute Gasteiger partial charge is 0.368 e. The van der Waals surface area contributed by atoms with E-state index >= 15 is 0 Å².